The van der Waals surface area contributed by atoms with Crippen molar-refractivity contribution in [3.63, 3.8) is 0 Å². The third kappa shape index (κ3) is 4.98. The van der Waals surface area contributed by atoms with Crippen LogP contribution >= 0.6 is 0 Å². The monoisotopic (exact) mass is 452 g/mol. The molecule has 0 heterocycles. The van der Waals surface area contributed by atoms with Crippen molar-refractivity contribution in [2.24, 2.45) is 40.4 Å². The fourth-order valence-corrected chi connectivity index (χ4v) is 6.91. The first kappa shape index (κ1) is 25.7. The molecule has 1 fully saturated rings. The lowest BCUT2D eigenvalue weighted by atomic mass is 9.53. The first-order chi connectivity index (χ1) is 15.4. The quantitative estimate of drug-likeness (QED) is 0.438. The summed E-state index contributed by atoms with van der Waals surface area (Å²) in [6.07, 6.45) is 17.2. The first-order valence-corrected chi connectivity index (χ1v) is 13.0. The van der Waals surface area contributed by atoms with Crippen LogP contribution in [0.3, 0.4) is 0 Å². The molecule has 3 aliphatic carbocycles. The van der Waals surface area contributed by atoms with Gasteiger partial charge in [-0.1, -0.05) is 57.6 Å². The largest absolute Gasteiger partial charge is 0.478 e. The van der Waals surface area contributed by atoms with E-state index in [0.717, 1.165) is 19.3 Å². The second kappa shape index (κ2) is 9.76. The van der Waals surface area contributed by atoms with Gasteiger partial charge in [-0.25, -0.2) is 4.79 Å². The summed E-state index contributed by atoms with van der Waals surface area (Å²) in [4.78, 5) is 23.8. The Labute approximate surface area is 201 Å². The van der Waals surface area contributed by atoms with Crippen LogP contribution in [-0.4, -0.2) is 16.9 Å². The maximum Gasteiger partial charge on any atom is 0.330 e. The van der Waals surface area contributed by atoms with Crippen molar-refractivity contribution in [1.29, 1.82) is 0 Å². The van der Waals surface area contributed by atoms with E-state index in [1.165, 1.54) is 24.8 Å². The molecule has 0 amide bonds. The summed E-state index contributed by atoms with van der Waals surface area (Å²) >= 11 is 0. The normalized spacial score (nSPS) is 35.2. The van der Waals surface area contributed by atoms with Gasteiger partial charge in [-0.3, -0.25) is 4.79 Å². The van der Waals surface area contributed by atoms with E-state index in [1.807, 2.05) is 12.2 Å². The maximum absolute atomic E-state index is 12.7. The summed E-state index contributed by atoms with van der Waals surface area (Å²) in [5.74, 6) is 2.26. The average molecular weight is 453 g/mol. The second-order valence-corrected chi connectivity index (χ2v) is 11.8. The van der Waals surface area contributed by atoms with Gasteiger partial charge in [0.25, 0.3) is 0 Å². The van der Waals surface area contributed by atoms with Crippen molar-refractivity contribution in [3.05, 3.63) is 47.1 Å². The number of ketones is 1. The molecule has 3 rings (SSSR count). The Hall–Kier alpha value is -1.90. The first-order valence-electron chi connectivity index (χ1n) is 13.0. The van der Waals surface area contributed by atoms with Crippen LogP contribution in [-0.2, 0) is 9.59 Å². The van der Waals surface area contributed by atoms with Crippen molar-refractivity contribution in [2.75, 3.05) is 0 Å². The molecule has 182 valence electrons. The van der Waals surface area contributed by atoms with Crippen molar-refractivity contribution in [1.82, 2.24) is 0 Å². The minimum atomic E-state index is -0.814. The molecule has 3 nitrogen and oxygen atoms in total. The number of carboxylic acid groups (broad SMARTS) is 1. The summed E-state index contributed by atoms with van der Waals surface area (Å²) in [5, 5.41) is 9.12. The standard InChI is InChI=1S/C30H44O3/c1-19(9-8-10-22(4)28(32)33)23-13-11-21(3)24-14-16-26-29(5,6)27(31)17-18-30(26,7)25(24)15-12-20(23)2/h10,14,16-21,23,25H,8-9,11-13,15H2,1-7H3,(H,32,33). The van der Waals surface area contributed by atoms with Gasteiger partial charge in [0.1, 0.15) is 0 Å². The van der Waals surface area contributed by atoms with Gasteiger partial charge in [0.15, 0.2) is 5.78 Å². The van der Waals surface area contributed by atoms with Crippen LogP contribution in [0.1, 0.15) is 87.0 Å². The molecule has 0 spiro atoms. The Morgan fingerprint density at radius 2 is 1.85 bits per heavy atom. The van der Waals surface area contributed by atoms with Crippen LogP contribution in [0.15, 0.2) is 47.1 Å². The number of carbonyl (C=O) groups excluding carboxylic acids is 1. The molecule has 0 bridgehead atoms. The number of aliphatic carboxylic acids is 1. The molecule has 3 heteroatoms. The fraction of sp³-hybridized carbons (Fsp3) is 0.667. The Morgan fingerprint density at radius 1 is 1.15 bits per heavy atom. The molecule has 0 aromatic rings. The minimum absolute atomic E-state index is 0.0833. The van der Waals surface area contributed by atoms with E-state index in [2.05, 4.69) is 59.8 Å². The number of hydrogen-bond donors (Lipinski definition) is 1. The molecule has 33 heavy (non-hydrogen) atoms. The maximum atomic E-state index is 12.7. The zero-order chi connectivity index (χ0) is 24.6. The summed E-state index contributed by atoms with van der Waals surface area (Å²) in [7, 11) is 0. The average Bonchev–Trinajstić information content (AvgIpc) is 2.80. The molecule has 0 aromatic carbocycles. The van der Waals surface area contributed by atoms with E-state index in [9.17, 15) is 9.59 Å². The molecule has 6 atom stereocenters. The van der Waals surface area contributed by atoms with Crippen molar-refractivity contribution >= 4 is 11.8 Å². The highest BCUT2D eigenvalue weighted by Crippen LogP contribution is 2.57. The predicted octanol–water partition coefficient (Wildman–Crippen LogP) is 7.55. The highest BCUT2D eigenvalue weighted by Gasteiger charge is 2.50. The molecule has 3 aliphatic rings. The zero-order valence-corrected chi connectivity index (χ0v) is 21.8. The van der Waals surface area contributed by atoms with Crippen LogP contribution in [0.4, 0.5) is 0 Å². The van der Waals surface area contributed by atoms with E-state index in [1.54, 1.807) is 12.5 Å². The number of fused-ring (bicyclic) bond motifs is 3. The number of allylic oxidation sites excluding steroid dienone is 7. The SMILES string of the molecule is CC(=CCCC(C)C1CCC(C)C2=CC=C3C(C)(C)C(=O)C=CC3(C)C2CCC1C)C(=O)O. The van der Waals surface area contributed by atoms with E-state index in [4.69, 9.17) is 5.11 Å². The Bertz CT molecular complexity index is 900. The van der Waals surface area contributed by atoms with Gasteiger partial charge in [-0.2, -0.15) is 0 Å². The van der Waals surface area contributed by atoms with Crippen molar-refractivity contribution in [2.45, 2.75) is 87.0 Å². The molecular formula is C30H44O3. The summed E-state index contributed by atoms with van der Waals surface area (Å²) in [6, 6.07) is 0. The van der Waals surface area contributed by atoms with Gasteiger partial charge in [0.05, 0.1) is 0 Å². The van der Waals surface area contributed by atoms with E-state index >= 15 is 0 Å². The second-order valence-electron chi connectivity index (χ2n) is 11.8. The molecule has 1 N–H and O–H groups in total. The highest BCUT2D eigenvalue weighted by molar-refractivity contribution is 5.98. The van der Waals surface area contributed by atoms with Crippen molar-refractivity contribution in [3.8, 4) is 0 Å². The van der Waals surface area contributed by atoms with Crippen LogP contribution in [0, 0.1) is 40.4 Å². The van der Waals surface area contributed by atoms with Gasteiger partial charge >= 0.3 is 5.97 Å². The van der Waals surface area contributed by atoms with Gasteiger partial charge in [-0.15, -0.1) is 0 Å². The van der Waals surface area contributed by atoms with Gasteiger partial charge in [0, 0.05) is 16.4 Å². The molecule has 0 saturated heterocycles. The molecule has 0 aliphatic heterocycles. The van der Waals surface area contributed by atoms with Crippen LogP contribution < -0.4 is 0 Å². The third-order valence-corrected chi connectivity index (χ3v) is 9.30. The number of carboxylic acids is 1. The summed E-state index contributed by atoms with van der Waals surface area (Å²) in [5.41, 5.74) is 2.78. The number of carbonyl (C=O) groups is 2. The Morgan fingerprint density at radius 3 is 2.52 bits per heavy atom. The van der Waals surface area contributed by atoms with Crippen LogP contribution in [0.25, 0.3) is 0 Å². The topological polar surface area (TPSA) is 54.4 Å². The Balaban J connectivity index is 1.81. The smallest absolute Gasteiger partial charge is 0.330 e. The fourth-order valence-electron chi connectivity index (χ4n) is 6.91. The lowest BCUT2D eigenvalue weighted by Crippen LogP contribution is -2.44. The van der Waals surface area contributed by atoms with Crippen molar-refractivity contribution < 1.29 is 14.7 Å². The third-order valence-electron chi connectivity index (χ3n) is 9.30. The minimum Gasteiger partial charge on any atom is -0.478 e. The number of hydrogen-bond acceptors (Lipinski definition) is 2. The molecule has 0 radical (unpaired) electrons. The van der Waals surface area contributed by atoms with Gasteiger partial charge in [-0.05, 0) is 101 Å². The lowest BCUT2D eigenvalue weighted by molar-refractivity contribution is -0.132. The zero-order valence-electron chi connectivity index (χ0n) is 21.8. The molecule has 0 aromatic heterocycles. The number of rotatable bonds is 5. The van der Waals surface area contributed by atoms with E-state index < -0.39 is 11.4 Å². The predicted molar refractivity (Wildman–Crippen MR) is 136 cm³/mol. The molecular weight excluding hydrogens is 408 g/mol. The lowest BCUT2D eigenvalue weighted by Gasteiger charge is -2.49. The van der Waals surface area contributed by atoms with Gasteiger partial charge < -0.3 is 5.11 Å². The highest BCUT2D eigenvalue weighted by atomic mass is 16.4. The van der Waals surface area contributed by atoms with Crippen LogP contribution in [0.5, 0.6) is 0 Å². The summed E-state index contributed by atoms with van der Waals surface area (Å²) in [6.45, 7) is 15.4. The Kier molecular flexibility index (Phi) is 7.61. The molecule has 1 saturated carbocycles. The van der Waals surface area contributed by atoms with E-state index in [-0.39, 0.29) is 11.2 Å². The van der Waals surface area contributed by atoms with Crippen LogP contribution in [0.2, 0.25) is 0 Å². The van der Waals surface area contributed by atoms with E-state index in [0.29, 0.717) is 35.2 Å². The molecule has 6 unspecified atom stereocenters. The summed E-state index contributed by atoms with van der Waals surface area (Å²) < 4.78 is 0. The van der Waals surface area contributed by atoms with Gasteiger partial charge in [0.2, 0.25) is 0 Å².